The molecular weight excluding hydrogens is 378 g/mol. The van der Waals surface area contributed by atoms with Crippen LogP contribution in [-0.4, -0.2) is 29.9 Å². The number of hydrogen-bond donors (Lipinski definition) is 1. The van der Waals surface area contributed by atoms with E-state index in [4.69, 9.17) is 14.2 Å². The third-order valence-corrected chi connectivity index (χ3v) is 8.07. The molecule has 1 aromatic heterocycles. The van der Waals surface area contributed by atoms with Crippen LogP contribution in [0.4, 0.5) is 0 Å². The molecule has 5 nitrogen and oxygen atoms in total. The van der Waals surface area contributed by atoms with E-state index >= 15 is 0 Å². The first-order chi connectivity index (χ1) is 14.5. The molecule has 5 rings (SSSR count). The number of nitrogens with zero attached hydrogens (tertiary/aromatic N) is 1. The second kappa shape index (κ2) is 7.24. The van der Waals surface area contributed by atoms with Gasteiger partial charge in [-0.2, -0.15) is 0 Å². The van der Waals surface area contributed by atoms with E-state index in [-0.39, 0.29) is 23.0 Å². The van der Waals surface area contributed by atoms with Crippen LogP contribution in [0.3, 0.4) is 0 Å². The van der Waals surface area contributed by atoms with Gasteiger partial charge in [0.25, 0.3) is 0 Å². The summed E-state index contributed by atoms with van der Waals surface area (Å²) in [4.78, 5) is 4.15. The topological polar surface area (TPSA) is 60.8 Å². The molecular formula is C25H31NO4. The van der Waals surface area contributed by atoms with Crippen molar-refractivity contribution < 1.29 is 19.3 Å². The highest BCUT2D eigenvalue weighted by molar-refractivity contribution is 5.44. The Morgan fingerprint density at radius 1 is 1.23 bits per heavy atom. The average Bonchev–Trinajstić information content (AvgIpc) is 3.26. The number of aliphatic hydroxyl groups excluding tert-OH is 1. The predicted molar refractivity (Wildman–Crippen MR) is 113 cm³/mol. The van der Waals surface area contributed by atoms with E-state index in [2.05, 4.69) is 31.0 Å². The summed E-state index contributed by atoms with van der Waals surface area (Å²) in [5.74, 6) is 2.33. The molecule has 0 unspecified atom stereocenters. The van der Waals surface area contributed by atoms with Crippen molar-refractivity contribution >= 4 is 0 Å². The summed E-state index contributed by atoms with van der Waals surface area (Å²) in [6.07, 6.45) is 6.48. The van der Waals surface area contributed by atoms with Crippen molar-refractivity contribution in [2.75, 3.05) is 13.7 Å². The number of hydrogen-bond acceptors (Lipinski definition) is 5. The summed E-state index contributed by atoms with van der Waals surface area (Å²) < 4.78 is 18.0. The summed E-state index contributed by atoms with van der Waals surface area (Å²) in [5, 5.41) is 11.2. The van der Waals surface area contributed by atoms with Crippen molar-refractivity contribution in [3.05, 3.63) is 53.9 Å². The molecule has 1 aromatic carbocycles. The van der Waals surface area contributed by atoms with Gasteiger partial charge in [-0.15, -0.1) is 0 Å². The second-order valence-corrected chi connectivity index (χ2v) is 9.80. The lowest BCUT2D eigenvalue weighted by Gasteiger charge is -2.51. The molecule has 1 saturated heterocycles. The maximum absolute atomic E-state index is 11.2. The van der Waals surface area contributed by atoms with Crippen LogP contribution in [-0.2, 0) is 11.3 Å². The molecule has 1 spiro atoms. The first-order valence-corrected chi connectivity index (χ1v) is 10.9. The lowest BCUT2D eigenvalue weighted by atomic mass is 9.60. The van der Waals surface area contributed by atoms with Gasteiger partial charge in [0.15, 0.2) is 11.5 Å². The Labute approximate surface area is 178 Å². The quantitative estimate of drug-likeness (QED) is 0.785. The van der Waals surface area contributed by atoms with Crippen molar-refractivity contribution in [1.29, 1.82) is 0 Å². The van der Waals surface area contributed by atoms with Gasteiger partial charge in [0.05, 0.1) is 19.3 Å². The Kier molecular flexibility index (Phi) is 4.79. The Morgan fingerprint density at radius 3 is 2.83 bits per heavy atom. The first kappa shape index (κ1) is 19.8. The summed E-state index contributed by atoms with van der Waals surface area (Å²) in [6, 6.07) is 10.0. The standard InChI is InChI=1S/C25H31NO4/c1-24(2)18-12-19-22(29-10-8-25(19,13-18)23(24)27)17-6-7-20(28-3)21(11-17)30-15-16-5-4-9-26-14-16/h4-7,9,11,14,18-19,22-23,27H,8,10,12-13,15H2,1-3H3/t18-,19-,22-,23-,25-/m1/s1. The number of fused-ring (bicyclic) bond motifs is 1. The van der Waals surface area contributed by atoms with Gasteiger partial charge in [0.1, 0.15) is 6.61 Å². The zero-order valence-electron chi connectivity index (χ0n) is 18.0. The fourth-order valence-corrected chi connectivity index (χ4v) is 6.38. The minimum Gasteiger partial charge on any atom is -0.493 e. The second-order valence-electron chi connectivity index (χ2n) is 9.80. The number of ether oxygens (including phenoxy) is 3. The minimum atomic E-state index is -0.264. The molecule has 5 atom stereocenters. The van der Waals surface area contributed by atoms with Gasteiger partial charge in [-0.1, -0.05) is 26.0 Å². The van der Waals surface area contributed by atoms with Crippen LogP contribution in [0.25, 0.3) is 0 Å². The predicted octanol–water partition coefficient (Wildman–Crippen LogP) is 4.54. The Morgan fingerprint density at radius 2 is 2.10 bits per heavy atom. The third-order valence-electron chi connectivity index (χ3n) is 8.07. The molecule has 2 aromatic rings. The summed E-state index contributed by atoms with van der Waals surface area (Å²) in [6.45, 7) is 5.59. The van der Waals surface area contributed by atoms with Crippen LogP contribution in [0, 0.1) is 22.7 Å². The van der Waals surface area contributed by atoms with Gasteiger partial charge in [-0.3, -0.25) is 4.98 Å². The highest BCUT2D eigenvalue weighted by atomic mass is 16.5. The van der Waals surface area contributed by atoms with Crippen LogP contribution in [0.2, 0.25) is 0 Å². The highest BCUT2D eigenvalue weighted by Crippen LogP contribution is 2.70. The average molecular weight is 410 g/mol. The zero-order chi connectivity index (χ0) is 20.9. The SMILES string of the molecule is COc1ccc([C@H]2OCC[C@@]34C[C@@H](C[C@H]23)C(C)(C)[C@H]4O)cc1OCc1cccnc1. The van der Waals surface area contributed by atoms with Crippen molar-refractivity contribution in [2.24, 2.45) is 22.7 Å². The number of rotatable bonds is 5. The molecule has 2 aliphatic carbocycles. The summed E-state index contributed by atoms with van der Waals surface area (Å²) in [5.41, 5.74) is 2.10. The normalized spacial score (nSPS) is 33.9. The highest BCUT2D eigenvalue weighted by Gasteiger charge is 2.68. The van der Waals surface area contributed by atoms with Crippen LogP contribution in [0.5, 0.6) is 11.5 Å². The molecule has 3 fully saturated rings. The largest absolute Gasteiger partial charge is 0.493 e. The zero-order valence-corrected chi connectivity index (χ0v) is 18.0. The third kappa shape index (κ3) is 2.94. The number of methoxy groups -OCH3 is 1. The smallest absolute Gasteiger partial charge is 0.162 e. The molecule has 1 aliphatic heterocycles. The molecule has 30 heavy (non-hydrogen) atoms. The Hall–Kier alpha value is -2.11. The number of benzene rings is 1. The maximum atomic E-state index is 11.2. The van der Waals surface area contributed by atoms with Gasteiger partial charge in [-0.25, -0.2) is 0 Å². The molecule has 0 radical (unpaired) electrons. The lowest BCUT2D eigenvalue weighted by molar-refractivity contribution is -0.164. The molecule has 1 N–H and O–H groups in total. The molecule has 160 valence electrons. The fraction of sp³-hybridized carbons (Fsp3) is 0.560. The van der Waals surface area contributed by atoms with Crippen molar-refractivity contribution in [3.63, 3.8) is 0 Å². The van der Waals surface area contributed by atoms with Crippen molar-refractivity contribution in [3.8, 4) is 11.5 Å². The number of pyridine rings is 1. The summed E-state index contributed by atoms with van der Waals surface area (Å²) in [7, 11) is 1.66. The number of aromatic nitrogens is 1. The van der Waals surface area contributed by atoms with Gasteiger partial charge in [-0.05, 0) is 60.3 Å². The monoisotopic (exact) mass is 409 g/mol. The van der Waals surface area contributed by atoms with Crippen LogP contribution >= 0.6 is 0 Å². The molecule has 2 heterocycles. The maximum Gasteiger partial charge on any atom is 0.162 e. The molecule has 5 heteroatoms. The van der Waals surface area contributed by atoms with E-state index in [0.717, 1.165) is 30.4 Å². The van der Waals surface area contributed by atoms with E-state index in [1.165, 1.54) is 0 Å². The Balaban J connectivity index is 1.42. The van der Waals surface area contributed by atoms with Gasteiger partial charge in [0.2, 0.25) is 0 Å². The molecule has 3 aliphatic rings. The molecule has 2 bridgehead atoms. The van der Waals surface area contributed by atoms with E-state index in [1.807, 2.05) is 24.4 Å². The van der Waals surface area contributed by atoms with Gasteiger partial charge < -0.3 is 19.3 Å². The van der Waals surface area contributed by atoms with E-state index in [0.29, 0.717) is 36.5 Å². The van der Waals surface area contributed by atoms with E-state index < -0.39 is 0 Å². The Bertz CT molecular complexity index is 915. The lowest BCUT2D eigenvalue weighted by Crippen LogP contribution is -2.51. The van der Waals surface area contributed by atoms with Crippen LogP contribution in [0.15, 0.2) is 42.7 Å². The van der Waals surface area contributed by atoms with E-state index in [9.17, 15) is 5.11 Å². The van der Waals surface area contributed by atoms with Crippen molar-refractivity contribution in [2.45, 2.75) is 51.9 Å². The fourth-order valence-electron chi connectivity index (χ4n) is 6.38. The minimum absolute atomic E-state index is 0.00368. The first-order valence-electron chi connectivity index (χ1n) is 10.9. The molecule has 2 saturated carbocycles. The van der Waals surface area contributed by atoms with Crippen LogP contribution < -0.4 is 9.47 Å². The summed E-state index contributed by atoms with van der Waals surface area (Å²) >= 11 is 0. The van der Waals surface area contributed by atoms with Crippen LogP contribution in [0.1, 0.15) is 50.3 Å². The van der Waals surface area contributed by atoms with E-state index in [1.54, 1.807) is 13.3 Å². The number of aliphatic hydroxyl groups is 1. The van der Waals surface area contributed by atoms with Crippen molar-refractivity contribution in [1.82, 2.24) is 4.98 Å². The molecule has 0 amide bonds. The van der Waals surface area contributed by atoms with Gasteiger partial charge in [0, 0.05) is 30.0 Å². The van der Waals surface area contributed by atoms with Gasteiger partial charge >= 0.3 is 0 Å².